The molecule has 1 aliphatic rings. The highest BCUT2D eigenvalue weighted by Crippen LogP contribution is 2.15. The van der Waals surface area contributed by atoms with Crippen LogP contribution in [0.25, 0.3) is 0 Å². The molecule has 1 aliphatic heterocycles. The van der Waals surface area contributed by atoms with Crippen LogP contribution in [0.2, 0.25) is 0 Å². The average Bonchev–Trinajstić information content (AvgIpc) is 2.52. The predicted molar refractivity (Wildman–Crippen MR) is 88.9 cm³/mol. The maximum atomic E-state index is 5.77. The van der Waals surface area contributed by atoms with Gasteiger partial charge in [0.15, 0.2) is 0 Å². The second kappa shape index (κ2) is 8.32. The molecule has 0 radical (unpaired) electrons. The van der Waals surface area contributed by atoms with Gasteiger partial charge < -0.3 is 20.1 Å². The van der Waals surface area contributed by atoms with Gasteiger partial charge in [-0.1, -0.05) is 24.4 Å². The molecule has 0 unspecified atom stereocenters. The van der Waals surface area contributed by atoms with Gasteiger partial charge >= 0.3 is 0 Å². The van der Waals surface area contributed by atoms with Crippen molar-refractivity contribution in [3.8, 4) is 5.75 Å². The molecule has 1 aromatic rings. The number of rotatable bonds is 7. The number of benzene rings is 1. The molecule has 1 heterocycles. The topological polar surface area (TPSA) is 47.7 Å². The van der Waals surface area contributed by atoms with Gasteiger partial charge in [0, 0.05) is 31.4 Å². The summed E-state index contributed by atoms with van der Waals surface area (Å²) < 4.78 is 11.2. The van der Waals surface area contributed by atoms with Crippen molar-refractivity contribution in [1.82, 2.24) is 4.90 Å². The van der Waals surface area contributed by atoms with Crippen LogP contribution in [0.15, 0.2) is 24.3 Å². The molecule has 0 bridgehead atoms. The van der Waals surface area contributed by atoms with Gasteiger partial charge in [0.05, 0.1) is 6.61 Å². The van der Waals surface area contributed by atoms with Gasteiger partial charge in [0.2, 0.25) is 0 Å². The van der Waals surface area contributed by atoms with E-state index in [0.717, 1.165) is 50.3 Å². The lowest BCUT2D eigenvalue weighted by Gasteiger charge is -2.31. The smallest absolute Gasteiger partial charge is 0.119 e. The van der Waals surface area contributed by atoms with Crippen LogP contribution in [0.1, 0.15) is 24.8 Å². The third-order valence-electron chi connectivity index (χ3n) is 3.86. The van der Waals surface area contributed by atoms with E-state index in [1.807, 2.05) is 24.3 Å². The summed E-state index contributed by atoms with van der Waals surface area (Å²) in [6, 6.07) is 8.29. The Labute approximate surface area is 132 Å². The SMILES string of the molecule is CN(CCCOc1cccc(C(N)=S)c1)C1CCOCC1. The van der Waals surface area contributed by atoms with Crippen LogP contribution in [-0.2, 0) is 4.74 Å². The van der Waals surface area contributed by atoms with Gasteiger partial charge in [-0.25, -0.2) is 0 Å². The molecular formula is C16H24N2O2S. The molecule has 0 aliphatic carbocycles. The zero-order chi connectivity index (χ0) is 15.1. The summed E-state index contributed by atoms with van der Waals surface area (Å²) in [4.78, 5) is 2.82. The monoisotopic (exact) mass is 308 g/mol. The van der Waals surface area contributed by atoms with E-state index in [0.29, 0.717) is 17.6 Å². The molecule has 2 N–H and O–H groups in total. The molecule has 5 heteroatoms. The lowest BCUT2D eigenvalue weighted by atomic mass is 10.1. The molecule has 2 rings (SSSR count). The molecule has 0 amide bonds. The van der Waals surface area contributed by atoms with Crippen molar-refractivity contribution in [1.29, 1.82) is 0 Å². The quantitative estimate of drug-likeness (QED) is 0.618. The number of nitrogens with zero attached hydrogens (tertiary/aromatic N) is 1. The molecule has 1 saturated heterocycles. The van der Waals surface area contributed by atoms with Gasteiger partial charge in [-0.2, -0.15) is 0 Å². The van der Waals surface area contributed by atoms with E-state index in [4.69, 9.17) is 27.4 Å². The van der Waals surface area contributed by atoms with Crippen LogP contribution >= 0.6 is 12.2 Å². The molecule has 21 heavy (non-hydrogen) atoms. The van der Waals surface area contributed by atoms with E-state index in [-0.39, 0.29) is 0 Å². The summed E-state index contributed by atoms with van der Waals surface area (Å²) in [5, 5.41) is 0. The van der Waals surface area contributed by atoms with E-state index in [1.54, 1.807) is 0 Å². The molecule has 1 fully saturated rings. The normalized spacial score (nSPS) is 16.1. The fourth-order valence-electron chi connectivity index (χ4n) is 2.55. The molecule has 0 atom stereocenters. The average molecular weight is 308 g/mol. The molecule has 1 aromatic carbocycles. The third kappa shape index (κ3) is 5.26. The first-order chi connectivity index (χ1) is 10.2. The molecule has 0 aromatic heterocycles. The van der Waals surface area contributed by atoms with Gasteiger partial charge in [-0.05, 0) is 38.4 Å². The summed E-state index contributed by atoms with van der Waals surface area (Å²) in [5.74, 6) is 0.828. The van der Waals surface area contributed by atoms with Crippen molar-refractivity contribution < 1.29 is 9.47 Å². The Bertz CT molecular complexity index is 461. The van der Waals surface area contributed by atoms with E-state index in [2.05, 4.69) is 11.9 Å². The number of hydrogen-bond donors (Lipinski definition) is 1. The maximum Gasteiger partial charge on any atom is 0.119 e. The van der Waals surface area contributed by atoms with E-state index in [1.165, 1.54) is 0 Å². The van der Waals surface area contributed by atoms with Crippen molar-refractivity contribution in [2.24, 2.45) is 5.73 Å². The Morgan fingerprint density at radius 3 is 2.90 bits per heavy atom. The van der Waals surface area contributed by atoms with E-state index < -0.39 is 0 Å². The van der Waals surface area contributed by atoms with Gasteiger partial charge in [-0.3, -0.25) is 0 Å². The lowest BCUT2D eigenvalue weighted by molar-refractivity contribution is 0.0417. The van der Waals surface area contributed by atoms with Crippen molar-refractivity contribution in [2.75, 3.05) is 33.4 Å². The largest absolute Gasteiger partial charge is 0.494 e. The first-order valence-corrected chi connectivity index (χ1v) is 7.88. The summed E-state index contributed by atoms with van der Waals surface area (Å²) in [6.07, 6.45) is 3.27. The second-order valence-corrected chi connectivity index (χ2v) is 5.86. The van der Waals surface area contributed by atoms with Gasteiger partial charge in [0.25, 0.3) is 0 Å². The standard InChI is InChI=1S/C16H24N2O2S/c1-18(14-6-10-19-11-7-14)8-3-9-20-15-5-2-4-13(12-15)16(17)21/h2,4-5,12,14H,3,6-11H2,1H3,(H2,17,21). The zero-order valence-corrected chi connectivity index (χ0v) is 13.4. The molecule has 116 valence electrons. The van der Waals surface area contributed by atoms with Crippen LogP contribution in [-0.4, -0.2) is 49.3 Å². The summed E-state index contributed by atoms with van der Waals surface area (Å²) >= 11 is 4.97. The van der Waals surface area contributed by atoms with Crippen LogP contribution in [0.5, 0.6) is 5.75 Å². The number of thiocarbonyl (C=S) groups is 1. The number of hydrogen-bond acceptors (Lipinski definition) is 4. The Hall–Kier alpha value is -1.17. The van der Waals surface area contributed by atoms with Crippen molar-refractivity contribution in [3.05, 3.63) is 29.8 Å². The molecule has 4 nitrogen and oxygen atoms in total. The highest BCUT2D eigenvalue weighted by atomic mass is 32.1. The predicted octanol–water partition coefficient (Wildman–Crippen LogP) is 2.20. The summed E-state index contributed by atoms with van der Waals surface area (Å²) in [7, 11) is 2.18. The summed E-state index contributed by atoms with van der Waals surface area (Å²) in [6.45, 7) is 3.52. The first kappa shape index (κ1) is 16.2. The third-order valence-corrected chi connectivity index (χ3v) is 4.09. The van der Waals surface area contributed by atoms with Gasteiger partial charge in [0.1, 0.15) is 10.7 Å². The summed E-state index contributed by atoms with van der Waals surface area (Å²) in [5.41, 5.74) is 6.47. The zero-order valence-electron chi connectivity index (χ0n) is 12.6. The number of nitrogens with two attached hydrogens (primary N) is 1. The van der Waals surface area contributed by atoms with Crippen molar-refractivity contribution >= 4 is 17.2 Å². The second-order valence-electron chi connectivity index (χ2n) is 5.42. The van der Waals surface area contributed by atoms with Crippen LogP contribution in [0.4, 0.5) is 0 Å². The van der Waals surface area contributed by atoms with E-state index >= 15 is 0 Å². The highest BCUT2D eigenvalue weighted by molar-refractivity contribution is 7.80. The maximum absolute atomic E-state index is 5.77. The van der Waals surface area contributed by atoms with E-state index in [9.17, 15) is 0 Å². The van der Waals surface area contributed by atoms with Crippen LogP contribution in [0, 0.1) is 0 Å². The minimum absolute atomic E-state index is 0.403. The Morgan fingerprint density at radius 1 is 1.43 bits per heavy atom. The van der Waals surface area contributed by atoms with Crippen molar-refractivity contribution in [2.45, 2.75) is 25.3 Å². The fourth-order valence-corrected chi connectivity index (χ4v) is 2.68. The van der Waals surface area contributed by atoms with Gasteiger partial charge in [-0.15, -0.1) is 0 Å². The minimum Gasteiger partial charge on any atom is -0.494 e. The van der Waals surface area contributed by atoms with Crippen LogP contribution < -0.4 is 10.5 Å². The fraction of sp³-hybridized carbons (Fsp3) is 0.562. The molecular weight excluding hydrogens is 284 g/mol. The lowest BCUT2D eigenvalue weighted by Crippen LogP contribution is -2.37. The minimum atomic E-state index is 0.403. The highest BCUT2D eigenvalue weighted by Gasteiger charge is 2.17. The Balaban J connectivity index is 1.69. The Morgan fingerprint density at radius 2 is 2.19 bits per heavy atom. The number of ether oxygens (including phenoxy) is 2. The van der Waals surface area contributed by atoms with Crippen LogP contribution in [0.3, 0.4) is 0 Å². The van der Waals surface area contributed by atoms with Crippen molar-refractivity contribution in [3.63, 3.8) is 0 Å². The molecule has 0 spiro atoms. The molecule has 0 saturated carbocycles. The Kier molecular flexibility index (Phi) is 6.42. The first-order valence-electron chi connectivity index (χ1n) is 7.47.